The molecule has 3 N–H and O–H groups in total. The summed E-state index contributed by atoms with van der Waals surface area (Å²) in [6.45, 7) is 1.88. The molecule has 1 fully saturated rings. The molecule has 1 heterocycles. The van der Waals surface area contributed by atoms with Crippen molar-refractivity contribution in [3.63, 3.8) is 0 Å². The van der Waals surface area contributed by atoms with Crippen molar-refractivity contribution in [2.75, 3.05) is 27.3 Å². The van der Waals surface area contributed by atoms with Crippen molar-refractivity contribution in [2.45, 2.75) is 18.4 Å². The summed E-state index contributed by atoms with van der Waals surface area (Å²) in [5.41, 5.74) is 7.32. The molecule has 1 aliphatic heterocycles. The number of nitrogens with two attached hydrogens (primary N) is 1. The fourth-order valence-corrected chi connectivity index (χ4v) is 2.35. The first kappa shape index (κ1) is 12.2. The third-order valence-corrected chi connectivity index (χ3v) is 3.37. The van der Waals surface area contributed by atoms with Gasteiger partial charge in [-0.2, -0.15) is 0 Å². The molecule has 1 aromatic carbocycles. The Labute approximate surface area is 102 Å². The highest BCUT2D eigenvalue weighted by molar-refractivity contribution is 5.43. The van der Waals surface area contributed by atoms with Crippen LogP contribution < -0.4 is 20.5 Å². The second-order valence-corrected chi connectivity index (χ2v) is 4.37. The van der Waals surface area contributed by atoms with Crippen LogP contribution in [0.3, 0.4) is 0 Å². The molecule has 17 heavy (non-hydrogen) atoms. The Kier molecular flexibility index (Phi) is 3.86. The fourth-order valence-electron chi connectivity index (χ4n) is 2.35. The van der Waals surface area contributed by atoms with Gasteiger partial charge in [-0.3, -0.25) is 0 Å². The lowest BCUT2D eigenvalue weighted by atomic mass is 9.87. The van der Waals surface area contributed by atoms with Crippen LogP contribution in [0.5, 0.6) is 11.5 Å². The van der Waals surface area contributed by atoms with Crippen LogP contribution in [0.1, 0.15) is 17.9 Å². The Balaban J connectivity index is 2.33. The van der Waals surface area contributed by atoms with Crippen molar-refractivity contribution in [3.05, 3.63) is 23.8 Å². The lowest BCUT2D eigenvalue weighted by Crippen LogP contribution is -2.43. The number of benzene rings is 1. The molecule has 0 aromatic heterocycles. The van der Waals surface area contributed by atoms with Crippen molar-refractivity contribution in [1.29, 1.82) is 0 Å². The SMILES string of the molecule is COc1ccc(OC)c(C2CNCCC2N)c1. The maximum atomic E-state index is 6.19. The van der Waals surface area contributed by atoms with Crippen LogP contribution in [0.25, 0.3) is 0 Å². The lowest BCUT2D eigenvalue weighted by molar-refractivity contribution is 0.366. The molecule has 0 amide bonds. The van der Waals surface area contributed by atoms with Gasteiger partial charge in [-0.1, -0.05) is 0 Å². The first-order valence-corrected chi connectivity index (χ1v) is 5.94. The summed E-state index contributed by atoms with van der Waals surface area (Å²) in [4.78, 5) is 0. The number of nitrogens with one attached hydrogen (secondary N) is 1. The molecular formula is C13H20N2O2. The first-order valence-electron chi connectivity index (χ1n) is 5.94. The molecule has 0 spiro atoms. The van der Waals surface area contributed by atoms with Crippen LogP contribution in [0.15, 0.2) is 18.2 Å². The number of piperidine rings is 1. The van der Waals surface area contributed by atoms with Crippen LogP contribution >= 0.6 is 0 Å². The van der Waals surface area contributed by atoms with Crippen LogP contribution in [0.2, 0.25) is 0 Å². The van der Waals surface area contributed by atoms with Crippen molar-refractivity contribution in [2.24, 2.45) is 5.73 Å². The molecule has 0 aliphatic carbocycles. The molecule has 2 unspecified atom stereocenters. The Morgan fingerprint density at radius 3 is 2.76 bits per heavy atom. The molecule has 0 bridgehead atoms. The third kappa shape index (κ3) is 2.53. The van der Waals surface area contributed by atoms with Gasteiger partial charge in [0.2, 0.25) is 0 Å². The van der Waals surface area contributed by atoms with Gasteiger partial charge in [0.15, 0.2) is 0 Å². The molecule has 0 radical (unpaired) electrons. The molecule has 2 rings (SSSR count). The number of hydrogen-bond acceptors (Lipinski definition) is 4. The lowest BCUT2D eigenvalue weighted by Gasteiger charge is -2.30. The minimum absolute atomic E-state index is 0.178. The molecule has 1 saturated heterocycles. The second kappa shape index (κ2) is 5.38. The molecule has 2 atom stereocenters. The Morgan fingerprint density at radius 1 is 1.29 bits per heavy atom. The van der Waals surface area contributed by atoms with Gasteiger partial charge in [0, 0.05) is 24.1 Å². The Bertz CT molecular complexity index is 382. The third-order valence-electron chi connectivity index (χ3n) is 3.37. The molecule has 1 aromatic rings. The maximum absolute atomic E-state index is 6.19. The minimum atomic E-state index is 0.178. The first-order chi connectivity index (χ1) is 8.26. The molecule has 4 nitrogen and oxygen atoms in total. The number of hydrogen-bond donors (Lipinski definition) is 2. The average Bonchev–Trinajstić information content (AvgIpc) is 2.38. The average molecular weight is 236 g/mol. The largest absolute Gasteiger partial charge is 0.497 e. The summed E-state index contributed by atoms with van der Waals surface area (Å²) < 4.78 is 10.7. The zero-order chi connectivity index (χ0) is 12.3. The predicted octanol–water partition coefficient (Wildman–Crippen LogP) is 1.11. The molecule has 1 aliphatic rings. The summed E-state index contributed by atoms with van der Waals surface area (Å²) in [6.07, 6.45) is 0.991. The Morgan fingerprint density at radius 2 is 2.12 bits per heavy atom. The number of rotatable bonds is 3. The summed E-state index contributed by atoms with van der Waals surface area (Å²) in [6, 6.07) is 6.05. The van der Waals surface area contributed by atoms with E-state index in [2.05, 4.69) is 5.32 Å². The van der Waals surface area contributed by atoms with E-state index >= 15 is 0 Å². The van der Waals surface area contributed by atoms with Crippen LogP contribution in [0.4, 0.5) is 0 Å². The zero-order valence-electron chi connectivity index (χ0n) is 10.4. The molecule has 94 valence electrons. The molecule has 4 heteroatoms. The minimum Gasteiger partial charge on any atom is -0.497 e. The van der Waals surface area contributed by atoms with Crippen LogP contribution in [-0.4, -0.2) is 33.4 Å². The molecule has 0 saturated carbocycles. The fraction of sp³-hybridized carbons (Fsp3) is 0.538. The van der Waals surface area contributed by atoms with E-state index in [-0.39, 0.29) is 12.0 Å². The summed E-state index contributed by atoms with van der Waals surface area (Å²) in [5.74, 6) is 2.02. The van der Waals surface area contributed by atoms with E-state index in [9.17, 15) is 0 Å². The smallest absolute Gasteiger partial charge is 0.122 e. The van der Waals surface area contributed by atoms with Gasteiger partial charge in [-0.05, 0) is 31.2 Å². The van der Waals surface area contributed by atoms with Gasteiger partial charge in [-0.15, -0.1) is 0 Å². The van der Waals surface area contributed by atoms with Gasteiger partial charge < -0.3 is 20.5 Å². The number of methoxy groups -OCH3 is 2. The summed E-state index contributed by atoms with van der Waals surface area (Å²) in [7, 11) is 3.36. The van der Waals surface area contributed by atoms with Gasteiger partial charge in [-0.25, -0.2) is 0 Å². The number of ether oxygens (including phenoxy) is 2. The zero-order valence-corrected chi connectivity index (χ0v) is 10.4. The van der Waals surface area contributed by atoms with Gasteiger partial charge in [0.1, 0.15) is 11.5 Å². The normalized spacial score (nSPS) is 24.4. The van der Waals surface area contributed by atoms with Crippen molar-refractivity contribution >= 4 is 0 Å². The monoisotopic (exact) mass is 236 g/mol. The van der Waals surface area contributed by atoms with E-state index in [0.717, 1.165) is 36.6 Å². The van der Waals surface area contributed by atoms with Gasteiger partial charge >= 0.3 is 0 Å². The summed E-state index contributed by atoms with van der Waals surface area (Å²) in [5, 5.41) is 3.38. The predicted molar refractivity (Wildman–Crippen MR) is 67.7 cm³/mol. The van der Waals surface area contributed by atoms with E-state index < -0.39 is 0 Å². The topological polar surface area (TPSA) is 56.5 Å². The Hall–Kier alpha value is -1.26. The molecular weight excluding hydrogens is 216 g/mol. The highest BCUT2D eigenvalue weighted by Gasteiger charge is 2.26. The van der Waals surface area contributed by atoms with Crippen LogP contribution in [-0.2, 0) is 0 Å². The quantitative estimate of drug-likeness (QED) is 0.825. The van der Waals surface area contributed by atoms with Gasteiger partial charge in [0.05, 0.1) is 14.2 Å². The van der Waals surface area contributed by atoms with E-state index in [1.54, 1.807) is 14.2 Å². The van der Waals surface area contributed by atoms with Crippen molar-refractivity contribution < 1.29 is 9.47 Å². The van der Waals surface area contributed by atoms with E-state index in [0.29, 0.717) is 0 Å². The highest BCUT2D eigenvalue weighted by Crippen LogP contribution is 2.33. The highest BCUT2D eigenvalue weighted by atomic mass is 16.5. The van der Waals surface area contributed by atoms with E-state index in [1.807, 2.05) is 18.2 Å². The summed E-state index contributed by atoms with van der Waals surface area (Å²) >= 11 is 0. The van der Waals surface area contributed by atoms with Crippen molar-refractivity contribution in [1.82, 2.24) is 5.32 Å². The van der Waals surface area contributed by atoms with Gasteiger partial charge in [0.25, 0.3) is 0 Å². The van der Waals surface area contributed by atoms with Crippen molar-refractivity contribution in [3.8, 4) is 11.5 Å². The van der Waals surface area contributed by atoms with Crippen LogP contribution in [0, 0.1) is 0 Å². The van der Waals surface area contributed by atoms with E-state index in [4.69, 9.17) is 15.2 Å². The second-order valence-electron chi connectivity index (χ2n) is 4.37. The standard InChI is InChI=1S/C13H20N2O2/c1-16-9-3-4-13(17-2)10(7-9)11-8-15-6-5-12(11)14/h3-4,7,11-12,15H,5-6,8,14H2,1-2H3. The maximum Gasteiger partial charge on any atom is 0.122 e. The van der Waals surface area contributed by atoms with E-state index in [1.165, 1.54) is 0 Å².